The molecule has 0 aliphatic heterocycles. The molecular weight excluding hydrogens is 248 g/mol. The van der Waals surface area contributed by atoms with Crippen molar-refractivity contribution < 1.29 is 4.79 Å². The lowest BCUT2D eigenvalue weighted by molar-refractivity contribution is -0.119. The Morgan fingerprint density at radius 3 is 3.11 bits per heavy atom. The van der Waals surface area contributed by atoms with Crippen molar-refractivity contribution in [2.45, 2.75) is 31.5 Å². The third kappa shape index (κ3) is 3.01. The lowest BCUT2D eigenvalue weighted by Crippen LogP contribution is -2.33. The summed E-state index contributed by atoms with van der Waals surface area (Å²) in [4.78, 5) is 11.7. The van der Waals surface area contributed by atoms with E-state index in [0.717, 1.165) is 17.2 Å². The molecule has 0 saturated carbocycles. The first kappa shape index (κ1) is 12.9. The van der Waals surface area contributed by atoms with Gasteiger partial charge in [0.05, 0.1) is 5.75 Å². The number of nitrogens with zero attached hydrogens (tertiary/aromatic N) is 3. The first-order chi connectivity index (χ1) is 8.70. The van der Waals surface area contributed by atoms with Crippen LogP contribution in [-0.2, 0) is 4.79 Å². The summed E-state index contributed by atoms with van der Waals surface area (Å²) in [5, 5.41) is 11.8. The zero-order valence-corrected chi connectivity index (χ0v) is 11.3. The number of aromatic nitrogens is 3. The first-order valence-electron chi connectivity index (χ1n) is 5.92. The Kier molecular flexibility index (Phi) is 4.19. The molecule has 6 heteroatoms. The summed E-state index contributed by atoms with van der Waals surface area (Å²) in [6, 6.07) is 5.93. The number of rotatable bonds is 5. The van der Waals surface area contributed by atoms with Gasteiger partial charge in [-0.2, -0.15) is 0 Å². The molecule has 0 bridgehead atoms. The highest BCUT2D eigenvalue weighted by Crippen LogP contribution is 2.16. The Morgan fingerprint density at radius 1 is 1.50 bits per heavy atom. The van der Waals surface area contributed by atoms with Gasteiger partial charge >= 0.3 is 0 Å². The summed E-state index contributed by atoms with van der Waals surface area (Å²) in [5.74, 6) is 0.391. The van der Waals surface area contributed by atoms with Gasteiger partial charge in [-0.1, -0.05) is 24.8 Å². The van der Waals surface area contributed by atoms with Crippen LogP contribution < -0.4 is 5.32 Å². The zero-order chi connectivity index (χ0) is 13.0. The van der Waals surface area contributed by atoms with Gasteiger partial charge in [-0.05, 0) is 25.5 Å². The van der Waals surface area contributed by atoms with Crippen LogP contribution in [0.5, 0.6) is 0 Å². The van der Waals surface area contributed by atoms with Crippen LogP contribution in [0, 0.1) is 0 Å². The van der Waals surface area contributed by atoms with E-state index in [4.69, 9.17) is 0 Å². The van der Waals surface area contributed by atoms with Crippen molar-refractivity contribution in [2.75, 3.05) is 5.75 Å². The van der Waals surface area contributed by atoms with Crippen molar-refractivity contribution in [1.82, 2.24) is 19.9 Å². The van der Waals surface area contributed by atoms with Crippen LogP contribution in [0.25, 0.3) is 5.65 Å². The number of thioether (sulfide) groups is 1. The van der Waals surface area contributed by atoms with E-state index in [9.17, 15) is 4.79 Å². The van der Waals surface area contributed by atoms with E-state index < -0.39 is 0 Å². The molecule has 1 N–H and O–H groups in total. The average molecular weight is 264 g/mol. The third-order valence-corrected chi connectivity index (χ3v) is 3.58. The number of hydrogen-bond donors (Lipinski definition) is 1. The predicted octanol–water partition coefficient (Wildman–Crippen LogP) is 1.74. The van der Waals surface area contributed by atoms with Gasteiger partial charge in [0, 0.05) is 12.2 Å². The minimum atomic E-state index is 0.0297. The molecule has 2 heterocycles. The Labute approximate surface area is 110 Å². The molecule has 0 aromatic carbocycles. The maximum atomic E-state index is 11.7. The average Bonchev–Trinajstić information content (AvgIpc) is 2.79. The Balaban J connectivity index is 1.96. The van der Waals surface area contributed by atoms with Gasteiger partial charge in [0.2, 0.25) is 5.91 Å². The van der Waals surface area contributed by atoms with E-state index in [2.05, 4.69) is 15.5 Å². The van der Waals surface area contributed by atoms with Crippen LogP contribution in [0.2, 0.25) is 0 Å². The highest BCUT2D eigenvalue weighted by Gasteiger charge is 2.09. The van der Waals surface area contributed by atoms with Gasteiger partial charge in [-0.3, -0.25) is 9.20 Å². The fraction of sp³-hybridized carbons (Fsp3) is 0.417. The van der Waals surface area contributed by atoms with Crippen molar-refractivity contribution >= 4 is 23.3 Å². The molecule has 0 radical (unpaired) electrons. The van der Waals surface area contributed by atoms with Crippen LogP contribution in [0.1, 0.15) is 20.3 Å². The summed E-state index contributed by atoms with van der Waals surface area (Å²) < 4.78 is 1.88. The second-order valence-electron chi connectivity index (χ2n) is 4.08. The molecule has 96 valence electrons. The third-order valence-electron chi connectivity index (χ3n) is 2.63. The lowest BCUT2D eigenvalue weighted by atomic mass is 10.3. The molecule has 5 nitrogen and oxygen atoms in total. The number of pyridine rings is 1. The van der Waals surface area contributed by atoms with E-state index in [1.807, 2.05) is 42.6 Å². The first-order valence-corrected chi connectivity index (χ1v) is 6.91. The van der Waals surface area contributed by atoms with Crippen molar-refractivity contribution in [3.63, 3.8) is 0 Å². The molecule has 0 saturated heterocycles. The quantitative estimate of drug-likeness (QED) is 0.836. The number of nitrogens with one attached hydrogen (secondary N) is 1. The van der Waals surface area contributed by atoms with Crippen molar-refractivity contribution in [3.8, 4) is 0 Å². The fourth-order valence-corrected chi connectivity index (χ4v) is 2.20. The monoisotopic (exact) mass is 264 g/mol. The molecule has 18 heavy (non-hydrogen) atoms. The largest absolute Gasteiger partial charge is 0.353 e. The Bertz CT molecular complexity index is 540. The summed E-state index contributed by atoms with van der Waals surface area (Å²) in [6.07, 6.45) is 2.83. The predicted molar refractivity (Wildman–Crippen MR) is 71.6 cm³/mol. The molecule has 2 aromatic heterocycles. The standard InChI is InChI=1S/C12H16N4OS/c1-3-9(2)13-11(17)8-18-12-15-14-10-6-4-5-7-16(10)12/h4-7,9H,3,8H2,1-2H3,(H,13,17). The van der Waals surface area contributed by atoms with Gasteiger partial charge < -0.3 is 5.32 Å². The smallest absolute Gasteiger partial charge is 0.230 e. The number of amides is 1. The van der Waals surface area contributed by atoms with E-state index in [1.54, 1.807) is 0 Å². The van der Waals surface area contributed by atoms with E-state index in [-0.39, 0.29) is 11.9 Å². The zero-order valence-electron chi connectivity index (χ0n) is 10.5. The van der Waals surface area contributed by atoms with Gasteiger partial charge in [0.25, 0.3) is 0 Å². The topological polar surface area (TPSA) is 59.3 Å². The number of carbonyl (C=O) groups excluding carboxylic acids is 1. The van der Waals surface area contributed by atoms with Crippen LogP contribution in [-0.4, -0.2) is 32.3 Å². The molecule has 0 aliphatic rings. The second-order valence-corrected chi connectivity index (χ2v) is 5.02. The number of fused-ring (bicyclic) bond motifs is 1. The summed E-state index contributed by atoms with van der Waals surface area (Å²) in [5.41, 5.74) is 0.794. The van der Waals surface area contributed by atoms with Gasteiger partial charge in [0.1, 0.15) is 0 Å². The SMILES string of the molecule is CCC(C)NC(=O)CSc1nnc2ccccn12. The highest BCUT2D eigenvalue weighted by atomic mass is 32.2. The normalized spacial score (nSPS) is 12.6. The molecule has 1 atom stereocenters. The Hall–Kier alpha value is -1.56. The van der Waals surface area contributed by atoms with Gasteiger partial charge in [-0.25, -0.2) is 0 Å². The molecular formula is C12H16N4OS. The second kappa shape index (κ2) is 5.86. The van der Waals surface area contributed by atoms with Crippen LogP contribution in [0.4, 0.5) is 0 Å². The van der Waals surface area contributed by atoms with Crippen molar-refractivity contribution in [2.24, 2.45) is 0 Å². The summed E-state index contributed by atoms with van der Waals surface area (Å²) in [7, 11) is 0. The fourth-order valence-electron chi connectivity index (χ4n) is 1.47. The molecule has 2 aromatic rings. The summed E-state index contributed by atoms with van der Waals surface area (Å²) >= 11 is 1.39. The Morgan fingerprint density at radius 2 is 2.33 bits per heavy atom. The van der Waals surface area contributed by atoms with Crippen LogP contribution in [0.3, 0.4) is 0 Å². The van der Waals surface area contributed by atoms with Crippen molar-refractivity contribution in [3.05, 3.63) is 24.4 Å². The number of carbonyl (C=O) groups is 1. The van der Waals surface area contributed by atoms with Crippen LogP contribution >= 0.6 is 11.8 Å². The maximum absolute atomic E-state index is 11.7. The summed E-state index contributed by atoms with van der Waals surface area (Å²) in [6.45, 7) is 4.04. The highest BCUT2D eigenvalue weighted by molar-refractivity contribution is 7.99. The van der Waals surface area contributed by atoms with Gasteiger partial charge in [-0.15, -0.1) is 10.2 Å². The molecule has 2 rings (SSSR count). The van der Waals surface area contributed by atoms with Crippen molar-refractivity contribution in [1.29, 1.82) is 0 Å². The molecule has 0 fully saturated rings. The van der Waals surface area contributed by atoms with E-state index >= 15 is 0 Å². The van der Waals surface area contributed by atoms with E-state index in [1.165, 1.54) is 11.8 Å². The molecule has 0 spiro atoms. The minimum absolute atomic E-state index is 0.0297. The number of hydrogen-bond acceptors (Lipinski definition) is 4. The lowest BCUT2D eigenvalue weighted by Gasteiger charge is -2.10. The van der Waals surface area contributed by atoms with E-state index in [0.29, 0.717) is 5.75 Å². The minimum Gasteiger partial charge on any atom is -0.353 e. The van der Waals surface area contributed by atoms with Gasteiger partial charge in [0.15, 0.2) is 10.8 Å². The molecule has 0 aliphatic carbocycles. The van der Waals surface area contributed by atoms with Crippen LogP contribution in [0.15, 0.2) is 29.6 Å². The maximum Gasteiger partial charge on any atom is 0.230 e. The molecule has 1 amide bonds. The molecule has 1 unspecified atom stereocenters.